The third kappa shape index (κ3) is 5.93. The van der Waals surface area contributed by atoms with Gasteiger partial charge in [0.2, 0.25) is 0 Å². The van der Waals surface area contributed by atoms with Gasteiger partial charge in [-0.2, -0.15) is 0 Å². The number of amides is 2. The highest BCUT2D eigenvalue weighted by molar-refractivity contribution is 5.89. The summed E-state index contributed by atoms with van der Waals surface area (Å²) >= 11 is 0. The first-order valence-corrected chi connectivity index (χ1v) is 10.9. The second kappa shape index (κ2) is 10.4. The fraction of sp³-hybridized carbons (Fsp3) is 0.478. The van der Waals surface area contributed by atoms with Crippen LogP contribution in [0.3, 0.4) is 0 Å². The Morgan fingerprint density at radius 2 is 1.90 bits per heavy atom. The summed E-state index contributed by atoms with van der Waals surface area (Å²) in [6.07, 6.45) is 5.45. The zero-order chi connectivity index (χ0) is 20.6. The van der Waals surface area contributed by atoms with E-state index in [-0.39, 0.29) is 12.1 Å². The maximum absolute atomic E-state index is 12.3. The van der Waals surface area contributed by atoms with Gasteiger partial charge in [0, 0.05) is 39.3 Å². The predicted octanol–water partition coefficient (Wildman–Crippen LogP) is 3.09. The molecule has 7 heteroatoms. The SMILES string of the molecule is O=C(NC[C@H]1CN(Cc2ccccc2)CCO1)Nc1ccc(N2CCCCC2)nc1. The predicted molar refractivity (Wildman–Crippen MR) is 119 cm³/mol. The molecule has 160 valence electrons. The quantitative estimate of drug-likeness (QED) is 0.767. The van der Waals surface area contributed by atoms with Gasteiger partial charge in [-0.3, -0.25) is 4.90 Å². The summed E-state index contributed by atoms with van der Waals surface area (Å²) in [6.45, 7) is 5.90. The highest BCUT2D eigenvalue weighted by Gasteiger charge is 2.21. The number of benzene rings is 1. The van der Waals surface area contributed by atoms with Crippen LogP contribution in [0.1, 0.15) is 24.8 Å². The number of urea groups is 1. The lowest BCUT2D eigenvalue weighted by molar-refractivity contribution is -0.0285. The van der Waals surface area contributed by atoms with Gasteiger partial charge in [0.05, 0.1) is 24.6 Å². The molecule has 2 fully saturated rings. The number of pyridine rings is 1. The van der Waals surface area contributed by atoms with E-state index >= 15 is 0 Å². The summed E-state index contributed by atoms with van der Waals surface area (Å²) in [7, 11) is 0. The molecular formula is C23H31N5O2. The molecule has 1 atom stereocenters. The van der Waals surface area contributed by atoms with Crippen molar-refractivity contribution in [1.82, 2.24) is 15.2 Å². The Bertz CT molecular complexity index is 793. The minimum absolute atomic E-state index is 0.00665. The van der Waals surface area contributed by atoms with E-state index < -0.39 is 0 Å². The molecule has 0 spiro atoms. The lowest BCUT2D eigenvalue weighted by Crippen LogP contribution is -2.47. The van der Waals surface area contributed by atoms with Gasteiger partial charge in [0.25, 0.3) is 0 Å². The first kappa shape index (κ1) is 20.6. The van der Waals surface area contributed by atoms with Gasteiger partial charge in [-0.15, -0.1) is 0 Å². The lowest BCUT2D eigenvalue weighted by atomic mass is 10.1. The molecule has 0 radical (unpaired) electrons. The molecule has 2 amide bonds. The summed E-state index contributed by atoms with van der Waals surface area (Å²) in [5, 5.41) is 5.79. The van der Waals surface area contributed by atoms with Crippen LogP contribution in [0.25, 0.3) is 0 Å². The van der Waals surface area contributed by atoms with Gasteiger partial charge >= 0.3 is 6.03 Å². The van der Waals surface area contributed by atoms with E-state index in [0.29, 0.717) is 18.8 Å². The highest BCUT2D eigenvalue weighted by atomic mass is 16.5. The first-order chi connectivity index (χ1) is 14.8. The number of nitrogens with one attached hydrogen (secondary N) is 2. The van der Waals surface area contributed by atoms with E-state index in [0.717, 1.165) is 38.5 Å². The van der Waals surface area contributed by atoms with Gasteiger partial charge in [0.15, 0.2) is 0 Å². The normalized spacial score (nSPS) is 20.0. The molecule has 30 heavy (non-hydrogen) atoms. The van der Waals surface area contributed by atoms with Crippen LogP contribution in [0.5, 0.6) is 0 Å². The number of hydrogen-bond acceptors (Lipinski definition) is 5. The van der Waals surface area contributed by atoms with Crippen molar-refractivity contribution in [3.63, 3.8) is 0 Å². The summed E-state index contributed by atoms with van der Waals surface area (Å²) in [5.74, 6) is 0.981. The van der Waals surface area contributed by atoms with Crippen LogP contribution in [0.2, 0.25) is 0 Å². The van der Waals surface area contributed by atoms with E-state index in [1.807, 2.05) is 18.2 Å². The first-order valence-electron chi connectivity index (χ1n) is 10.9. The molecule has 1 aromatic carbocycles. The Hall–Kier alpha value is -2.64. The zero-order valence-electron chi connectivity index (χ0n) is 17.4. The second-order valence-corrected chi connectivity index (χ2v) is 8.00. The van der Waals surface area contributed by atoms with E-state index in [1.165, 1.54) is 24.8 Å². The van der Waals surface area contributed by atoms with Crippen molar-refractivity contribution in [1.29, 1.82) is 0 Å². The lowest BCUT2D eigenvalue weighted by Gasteiger charge is -2.33. The van der Waals surface area contributed by atoms with Gasteiger partial charge in [-0.1, -0.05) is 30.3 Å². The van der Waals surface area contributed by atoms with E-state index in [2.05, 4.69) is 49.7 Å². The molecular weight excluding hydrogens is 378 g/mol. The monoisotopic (exact) mass is 409 g/mol. The molecule has 0 unspecified atom stereocenters. The Morgan fingerprint density at radius 1 is 1.07 bits per heavy atom. The van der Waals surface area contributed by atoms with Crippen molar-refractivity contribution in [2.75, 3.05) is 49.5 Å². The molecule has 0 bridgehead atoms. The Balaban J connectivity index is 1.20. The molecule has 2 saturated heterocycles. The van der Waals surface area contributed by atoms with Gasteiger partial charge in [-0.05, 0) is 37.0 Å². The molecule has 7 nitrogen and oxygen atoms in total. The number of aromatic nitrogens is 1. The molecule has 3 heterocycles. The maximum Gasteiger partial charge on any atom is 0.319 e. The Morgan fingerprint density at radius 3 is 2.67 bits per heavy atom. The average Bonchev–Trinajstić information content (AvgIpc) is 2.80. The van der Waals surface area contributed by atoms with Crippen molar-refractivity contribution in [2.24, 2.45) is 0 Å². The number of carbonyl (C=O) groups excluding carboxylic acids is 1. The van der Waals surface area contributed by atoms with Crippen LogP contribution in [-0.2, 0) is 11.3 Å². The van der Waals surface area contributed by atoms with Gasteiger partial charge < -0.3 is 20.3 Å². The molecule has 2 N–H and O–H groups in total. The van der Waals surface area contributed by atoms with Crippen LogP contribution >= 0.6 is 0 Å². The molecule has 2 aromatic rings. The third-order valence-electron chi connectivity index (χ3n) is 5.65. The maximum atomic E-state index is 12.3. The number of rotatable bonds is 6. The molecule has 0 aliphatic carbocycles. The number of carbonyl (C=O) groups is 1. The molecule has 2 aliphatic heterocycles. The second-order valence-electron chi connectivity index (χ2n) is 8.00. The van der Waals surface area contributed by atoms with Crippen molar-refractivity contribution in [3.05, 3.63) is 54.2 Å². The molecule has 2 aliphatic rings. The zero-order valence-corrected chi connectivity index (χ0v) is 17.4. The van der Waals surface area contributed by atoms with Crippen LogP contribution in [0.15, 0.2) is 48.7 Å². The number of piperidine rings is 1. The minimum atomic E-state index is -0.230. The van der Waals surface area contributed by atoms with Crippen LogP contribution in [0, 0.1) is 0 Å². The fourth-order valence-corrected chi connectivity index (χ4v) is 4.04. The molecule has 4 rings (SSSR count). The number of hydrogen-bond donors (Lipinski definition) is 2. The molecule has 1 aromatic heterocycles. The van der Waals surface area contributed by atoms with E-state index in [1.54, 1.807) is 6.20 Å². The van der Waals surface area contributed by atoms with Crippen molar-refractivity contribution < 1.29 is 9.53 Å². The minimum Gasteiger partial charge on any atom is -0.374 e. The number of ether oxygens (including phenoxy) is 1. The Labute approximate surface area is 178 Å². The topological polar surface area (TPSA) is 69.7 Å². The number of anilines is 2. The Kier molecular flexibility index (Phi) is 7.16. The summed E-state index contributed by atoms with van der Waals surface area (Å²) in [4.78, 5) is 21.5. The van der Waals surface area contributed by atoms with E-state index in [4.69, 9.17) is 4.74 Å². The summed E-state index contributed by atoms with van der Waals surface area (Å²) in [6, 6.07) is 14.1. The van der Waals surface area contributed by atoms with Crippen molar-refractivity contribution >= 4 is 17.5 Å². The highest BCUT2D eigenvalue weighted by Crippen LogP contribution is 2.19. The van der Waals surface area contributed by atoms with Crippen LogP contribution in [0.4, 0.5) is 16.3 Å². The largest absolute Gasteiger partial charge is 0.374 e. The van der Waals surface area contributed by atoms with Crippen molar-refractivity contribution in [2.45, 2.75) is 31.9 Å². The van der Waals surface area contributed by atoms with Crippen LogP contribution in [-0.4, -0.2) is 61.3 Å². The van der Waals surface area contributed by atoms with Crippen molar-refractivity contribution in [3.8, 4) is 0 Å². The number of morpholine rings is 1. The third-order valence-corrected chi connectivity index (χ3v) is 5.65. The van der Waals surface area contributed by atoms with E-state index in [9.17, 15) is 4.79 Å². The number of nitrogens with zero attached hydrogens (tertiary/aromatic N) is 3. The van der Waals surface area contributed by atoms with Gasteiger partial charge in [-0.25, -0.2) is 9.78 Å². The average molecular weight is 410 g/mol. The summed E-state index contributed by atoms with van der Waals surface area (Å²) in [5.41, 5.74) is 1.99. The fourth-order valence-electron chi connectivity index (χ4n) is 4.04. The standard InChI is InChI=1S/C23H31N5O2/c29-23(26-20-9-10-22(24-15-20)28-11-5-2-6-12-28)25-16-21-18-27(13-14-30-21)17-19-7-3-1-4-8-19/h1,3-4,7-10,15,21H,2,5-6,11-14,16-18H2,(H2,25,26,29)/t21-/m0/s1. The molecule has 0 saturated carbocycles. The van der Waals surface area contributed by atoms with Gasteiger partial charge in [0.1, 0.15) is 5.82 Å². The smallest absolute Gasteiger partial charge is 0.319 e. The summed E-state index contributed by atoms with van der Waals surface area (Å²) < 4.78 is 5.83. The van der Waals surface area contributed by atoms with Crippen LogP contribution < -0.4 is 15.5 Å².